The van der Waals surface area contributed by atoms with Gasteiger partial charge >= 0.3 is 10.0 Å². The number of fused-ring (bicyclic) bond motifs is 1. The number of benzene rings is 1. The molecule has 1 saturated heterocycles. The molecule has 1 fully saturated rings. The van der Waals surface area contributed by atoms with Gasteiger partial charge < -0.3 is 14.8 Å². The number of piperazine rings is 1. The van der Waals surface area contributed by atoms with E-state index in [1.165, 1.54) is 16.6 Å². The Bertz CT molecular complexity index is 1410. The number of rotatable bonds is 9. The number of hydrogen-bond donors (Lipinski definition) is 3. The van der Waals surface area contributed by atoms with E-state index in [-0.39, 0.29) is 36.0 Å². The summed E-state index contributed by atoms with van der Waals surface area (Å²) < 4.78 is 34.0. The fourth-order valence-electron chi connectivity index (χ4n) is 4.54. The van der Waals surface area contributed by atoms with Crippen molar-refractivity contribution in [1.82, 2.24) is 24.5 Å². The SMILES string of the molecule is CCCc1nc(C)c2c(=O)[nH]c(-c3cc(S(=O)(=O)[N+]4(N)CCN(CCO)CC4)ccc3OCC)nn12. The lowest BCUT2D eigenvalue weighted by atomic mass is 10.2. The van der Waals surface area contributed by atoms with Crippen LogP contribution in [0.3, 0.4) is 0 Å². The molecule has 0 spiro atoms. The quantitative estimate of drug-likeness (QED) is 0.269. The van der Waals surface area contributed by atoms with Crippen molar-refractivity contribution in [2.24, 2.45) is 5.84 Å². The number of aryl methyl sites for hydroxylation is 2. The molecule has 3 aromatic rings. The number of nitrogens with two attached hydrogens (primary N) is 1. The average molecular weight is 521 g/mol. The first kappa shape index (κ1) is 26.2. The standard InChI is InChI=1S/C23H33N7O5S/c1-4-6-20-25-16(3)21-23(32)26-22(27-29(20)21)18-15-17(7-8-19(18)35-5-2)36(33,34)30(24)12-9-28(10-13-30)11-14-31/h7-8,15,31H,4-6,9-14,24H2,1-3H3/p+1. The minimum atomic E-state index is -4.00. The third-order valence-electron chi connectivity index (χ3n) is 6.50. The van der Waals surface area contributed by atoms with Gasteiger partial charge in [-0.15, -0.1) is 9.10 Å². The maximum atomic E-state index is 13.7. The van der Waals surface area contributed by atoms with Crippen LogP contribution in [0.15, 0.2) is 27.9 Å². The molecule has 2 aromatic heterocycles. The molecule has 4 rings (SSSR count). The van der Waals surface area contributed by atoms with Crippen LogP contribution in [0.1, 0.15) is 31.8 Å². The van der Waals surface area contributed by atoms with Gasteiger partial charge in [-0.05, 0) is 38.5 Å². The number of sulfonamides is 1. The summed E-state index contributed by atoms with van der Waals surface area (Å²) in [5, 5.41) is 13.8. The number of aliphatic hydroxyl groups is 1. The molecule has 4 N–H and O–H groups in total. The number of quaternary nitrogens is 1. The van der Waals surface area contributed by atoms with Crippen LogP contribution in [0.25, 0.3) is 16.9 Å². The number of hydrogen-bond acceptors (Lipinski definition) is 9. The Labute approximate surface area is 209 Å². The third-order valence-corrected chi connectivity index (χ3v) is 8.68. The highest BCUT2D eigenvalue weighted by Crippen LogP contribution is 2.32. The highest BCUT2D eigenvalue weighted by atomic mass is 32.2. The zero-order chi connectivity index (χ0) is 26.1. The number of nitrogens with one attached hydrogen (secondary N) is 1. The Kier molecular flexibility index (Phi) is 7.48. The molecule has 196 valence electrons. The fourth-order valence-corrected chi connectivity index (χ4v) is 6.11. The van der Waals surface area contributed by atoms with Crippen LogP contribution in [0, 0.1) is 6.92 Å². The van der Waals surface area contributed by atoms with Crippen LogP contribution >= 0.6 is 0 Å². The highest BCUT2D eigenvalue weighted by molar-refractivity contribution is 7.86. The Morgan fingerprint density at radius 3 is 2.61 bits per heavy atom. The second-order valence-corrected chi connectivity index (χ2v) is 11.1. The molecule has 0 aliphatic carbocycles. The smallest absolute Gasteiger partial charge is 0.344 e. The van der Waals surface area contributed by atoms with E-state index in [2.05, 4.69) is 15.1 Å². The summed E-state index contributed by atoms with van der Waals surface area (Å²) in [6.45, 7) is 7.68. The van der Waals surface area contributed by atoms with Crippen molar-refractivity contribution in [1.29, 1.82) is 0 Å². The molecule has 0 saturated carbocycles. The molecular formula is C23H34N7O5S+. The summed E-state index contributed by atoms with van der Waals surface area (Å²) in [4.78, 5) is 22.2. The molecular weight excluding hydrogens is 486 g/mol. The van der Waals surface area contributed by atoms with Crippen molar-refractivity contribution < 1.29 is 22.3 Å². The van der Waals surface area contributed by atoms with Crippen LogP contribution < -0.4 is 16.1 Å². The number of imidazole rings is 1. The molecule has 36 heavy (non-hydrogen) atoms. The molecule has 13 heteroatoms. The second-order valence-electron chi connectivity index (χ2n) is 8.96. The van der Waals surface area contributed by atoms with Gasteiger partial charge in [0, 0.05) is 13.0 Å². The summed E-state index contributed by atoms with van der Waals surface area (Å²) >= 11 is 0. The molecule has 0 bridgehead atoms. The van der Waals surface area contributed by atoms with E-state index >= 15 is 0 Å². The van der Waals surface area contributed by atoms with Gasteiger partial charge in [0.15, 0.2) is 11.3 Å². The Balaban J connectivity index is 1.81. The lowest BCUT2D eigenvalue weighted by Crippen LogP contribution is -2.66. The number of aromatic nitrogens is 4. The Morgan fingerprint density at radius 2 is 1.97 bits per heavy atom. The van der Waals surface area contributed by atoms with Gasteiger partial charge in [-0.25, -0.2) is 9.50 Å². The second kappa shape index (κ2) is 10.3. The topological polar surface area (TPSA) is 156 Å². The molecule has 1 aliphatic heterocycles. The number of nitrogens with zero attached hydrogens (tertiary/aromatic N) is 5. The van der Waals surface area contributed by atoms with Gasteiger partial charge in [0.05, 0.1) is 37.6 Å². The van der Waals surface area contributed by atoms with Crippen molar-refractivity contribution in [3.8, 4) is 17.1 Å². The summed E-state index contributed by atoms with van der Waals surface area (Å²) in [7, 11) is -4.00. The molecule has 1 aromatic carbocycles. The van der Waals surface area contributed by atoms with Gasteiger partial charge in [0.1, 0.15) is 29.6 Å². The molecule has 0 atom stereocenters. The summed E-state index contributed by atoms with van der Waals surface area (Å²) in [6.07, 6.45) is 1.46. The normalized spacial score (nSPS) is 16.5. The van der Waals surface area contributed by atoms with Crippen molar-refractivity contribution in [3.05, 3.63) is 40.1 Å². The van der Waals surface area contributed by atoms with E-state index in [1.54, 1.807) is 13.0 Å². The van der Waals surface area contributed by atoms with Gasteiger partial charge in [-0.2, -0.15) is 14.3 Å². The van der Waals surface area contributed by atoms with Crippen LogP contribution in [0.2, 0.25) is 0 Å². The van der Waals surface area contributed by atoms with Crippen LogP contribution in [-0.4, -0.2) is 87.9 Å². The summed E-state index contributed by atoms with van der Waals surface area (Å²) in [5.74, 6) is 7.64. The van der Waals surface area contributed by atoms with Crippen molar-refractivity contribution >= 4 is 15.5 Å². The molecule has 12 nitrogen and oxygen atoms in total. The average Bonchev–Trinajstić information content (AvgIpc) is 3.16. The van der Waals surface area contributed by atoms with Gasteiger partial charge in [-0.1, -0.05) is 6.92 Å². The molecule has 0 amide bonds. The maximum absolute atomic E-state index is 13.7. The maximum Gasteiger partial charge on any atom is 0.344 e. The predicted octanol–water partition coefficient (Wildman–Crippen LogP) is 0.431. The first-order chi connectivity index (χ1) is 17.1. The molecule has 3 heterocycles. The fraction of sp³-hybridized carbons (Fsp3) is 0.522. The first-order valence-corrected chi connectivity index (χ1v) is 13.6. The van der Waals surface area contributed by atoms with E-state index in [0.717, 1.165) is 6.42 Å². The van der Waals surface area contributed by atoms with E-state index in [4.69, 9.17) is 10.6 Å². The lowest BCUT2D eigenvalue weighted by molar-refractivity contribution is -0.824. The first-order valence-electron chi connectivity index (χ1n) is 12.1. The molecule has 0 unspecified atom stereocenters. The molecule has 1 aliphatic rings. The summed E-state index contributed by atoms with van der Waals surface area (Å²) in [6, 6.07) is 4.49. The van der Waals surface area contributed by atoms with E-state index in [9.17, 15) is 18.3 Å². The number of H-pyrrole nitrogens is 1. The van der Waals surface area contributed by atoms with Gasteiger partial charge in [-0.3, -0.25) is 9.69 Å². The largest absolute Gasteiger partial charge is 0.493 e. The number of aliphatic hydroxyl groups excluding tert-OH is 1. The number of ether oxygens (including phenoxy) is 1. The van der Waals surface area contributed by atoms with Crippen molar-refractivity contribution in [2.45, 2.75) is 38.5 Å². The zero-order valence-electron chi connectivity index (χ0n) is 20.9. The highest BCUT2D eigenvalue weighted by Gasteiger charge is 2.43. The minimum Gasteiger partial charge on any atom is -0.493 e. The van der Waals surface area contributed by atoms with Gasteiger partial charge in [0.2, 0.25) is 0 Å². The van der Waals surface area contributed by atoms with Crippen molar-refractivity contribution in [2.75, 3.05) is 45.9 Å². The van der Waals surface area contributed by atoms with Crippen molar-refractivity contribution in [3.63, 3.8) is 0 Å². The Morgan fingerprint density at radius 1 is 1.25 bits per heavy atom. The summed E-state index contributed by atoms with van der Waals surface area (Å²) in [5.41, 5.74) is 0.910. The van der Waals surface area contributed by atoms with E-state index < -0.39 is 14.0 Å². The van der Waals surface area contributed by atoms with Crippen LogP contribution in [0.5, 0.6) is 5.75 Å². The number of aromatic amines is 1. The van der Waals surface area contributed by atoms with E-state index in [1.807, 2.05) is 18.7 Å². The predicted molar refractivity (Wildman–Crippen MR) is 134 cm³/mol. The number of β-amino-alcohol motifs (C(OH)–C–C–N with tert-alkyl or cyclic N) is 1. The lowest BCUT2D eigenvalue weighted by Gasteiger charge is -2.38. The third kappa shape index (κ3) is 4.64. The van der Waals surface area contributed by atoms with Crippen LogP contribution in [-0.2, 0) is 16.4 Å². The van der Waals surface area contributed by atoms with E-state index in [0.29, 0.717) is 61.0 Å². The van der Waals surface area contributed by atoms with Gasteiger partial charge in [0.25, 0.3) is 5.56 Å². The van der Waals surface area contributed by atoms with Crippen LogP contribution in [0.4, 0.5) is 0 Å². The monoisotopic (exact) mass is 520 g/mol. The zero-order valence-corrected chi connectivity index (χ0v) is 21.7. The Hall–Kier alpha value is -2.84. The molecule has 0 radical (unpaired) electrons. The minimum absolute atomic E-state index is 0.00548.